The van der Waals surface area contributed by atoms with Crippen molar-refractivity contribution in [1.82, 2.24) is 0 Å². The molecule has 0 saturated carbocycles. The number of quaternary nitrogens is 1. The maximum Gasteiger partial charge on any atom is 0.139 e. The minimum atomic E-state index is 0. The minimum Gasteiger partial charge on any atom is -1.00 e. The molecule has 2 heteroatoms. The second-order valence-electron chi connectivity index (χ2n) is 5.29. The molecule has 1 aromatic rings. The van der Waals surface area contributed by atoms with Crippen LogP contribution in [0.5, 0.6) is 0 Å². The standard InChI is InChI=1S/C16H21N.ClH/c1-14-10-11-15(2)17(13-14)12-6-9-16-7-4-3-5-8-16;/h3-5,7-8,14-15H,10-13H2,1-2H3;1H/t14-,15+;/m1./s1. The van der Waals surface area contributed by atoms with Crippen LogP contribution >= 0.6 is 0 Å². The van der Waals surface area contributed by atoms with Crippen LogP contribution in [0.1, 0.15) is 32.3 Å². The molecule has 1 aromatic carbocycles. The van der Waals surface area contributed by atoms with Crippen molar-refractivity contribution in [1.29, 1.82) is 0 Å². The van der Waals surface area contributed by atoms with Gasteiger partial charge in [0.15, 0.2) is 0 Å². The molecule has 0 aromatic heterocycles. The summed E-state index contributed by atoms with van der Waals surface area (Å²) in [4.78, 5) is 1.66. The van der Waals surface area contributed by atoms with E-state index in [1.54, 1.807) is 4.90 Å². The van der Waals surface area contributed by atoms with Crippen molar-refractivity contribution in [2.45, 2.75) is 32.7 Å². The molecule has 0 aliphatic carbocycles. The average Bonchev–Trinajstić information content (AvgIpc) is 2.35. The summed E-state index contributed by atoms with van der Waals surface area (Å²) in [5.41, 5.74) is 1.13. The monoisotopic (exact) mass is 263 g/mol. The molecular weight excluding hydrogens is 242 g/mol. The van der Waals surface area contributed by atoms with Gasteiger partial charge in [-0.1, -0.05) is 31.0 Å². The van der Waals surface area contributed by atoms with E-state index in [4.69, 9.17) is 0 Å². The molecule has 3 atom stereocenters. The van der Waals surface area contributed by atoms with Gasteiger partial charge in [-0.3, -0.25) is 0 Å². The van der Waals surface area contributed by atoms with E-state index in [0.29, 0.717) is 0 Å². The molecule has 0 bridgehead atoms. The van der Waals surface area contributed by atoms with Gasteiger partial charge in [0.05, 0.1) is 12.6 Å². The molecule has 1 aliphatic rings. The normalized spacial score (nSPS) is 26.7. The zero-order chi connectivity index (χ0) is 12.1. The van der Waals surface area contributed by atoms with Gasteiger partial charge in [-0.2, -0.15) is 0 Å². The summed E-state index contributed by atoms with van der Waals surface area (Å²) < 4.78 is 0. The van der Waals surface area contributed by atoms with Gasteiger partial charge in [-0.25, -0.2) is 0 Å². The van der Waals surface area contributed by atoms with Gasteiger partial charge in [0, 0.05) is 11.5 Å². The Labute approximate surface area is 117 Å². The highest BCUT2D eigenvalue weighted by atomic mass is 35.5. The number of halogens is 1. The second-order valence-corrected chi connectivity index (χ2v) is 5.29. The Morgan fingerprint density at radius 3 is 2.61 bits per heavy atom. The minimum absolute atomic E-state index is 0. The SMILES string of the molecule is C[C@@H]1CC[C@H](C)[NH+](CC#Cc2ccccc2)C1.[Cl-]. The molecule has 1 nitrogen and oxygen atoms in total. The molecule has 98 valence electrons. The largest absolute Gasteiger partial charge is 1.00 e. The molecule has 2 rings (SSSR count). The molecule has 1 fully saturated rings. The maximum absolute atomic E-state index is 3.34. The Hall–Kier alpha value is -0.970. The van der Waals surface area contributed by atoms with E-state index in [1.165, 1.54) is 19.4 Å². The lowest BCUT2D eigenvalue weighted by Gasteiger charge is -2.32. The summed E-state index contributed by atoms with van der Waals surface area (Å²) in [7, 11) is 0. The lowest BCUT2D eigenvalue weighted by atomic mass is 9.95. The number of likely N-dealkylation sites (tertiary alicyclic amines) is 1. The maximum atomic E-state index is 3.34. The number of benzene rings is 1. The molecular formula is C16H22ClN. The van der Waals surface area contributed by atoms with Crippen LogP contribution in [-0.2, 0) is 0 Å². The van der Waals surface area contributed by atoms with E-state index >= 15 is 0 Å². The number of hydrogen-bond donors (Lipinski definition) is 1. The molecule has 0 amide bonds. The third kappa shape index (κ3) is 4.37. The summed E-state index contributed by atoms with van der Waals surface area (Å²) >= 11 is 0. The summed E-state index contributed by atoms with van der Waals surface area (Å²) in [5, 5.41) is 0. The Morgan fingerprint density at radius 2 is 1.89 bits per heavy atom. The van der Waals surface area contributed by atoms with Crippen LogP contribution in [0.15, 0.2) is 30.3 Å². The van der Waals surface area contributed by atoms with Crippen LogP contribution in [0.4, 0.5) is 0 Å². The first-order chi connectivity index (χ1) is 8.25. The first-order valence-electron chi connectivity index (χ1n) is 6.64. The van der Waals surface area contributed by atoms with Crippen molar-refractivity contribution in [2.75, 3.05) is 13.1 Å². The number of piperidine rings is 1. The summed E-state index contributed by atoms with van der Waals surface area (Å²) in [6, 6.07) is 11.0. The van der Waals surface area contributed by atoms with Crippen LogP contribution in [-0.4, -0.2) is 19.1 Å². The van der Waals surface area contributed by atoms with Crippen molar-refractivity contribution >= 4 is 0 Å². The Morgan fingerprint density at radius 1 is 1.17 bits per heavy atom. The second kappa shape index (κ2) is 7.46. The molecule has 1 heterocycles. The molecule has 1 aliphatic heterocycles. The van der Waals surface area contributed by atoms with E-state index in [9.17, 15) is 0 Å². The van der Waals surface area contributed by atoms with Gasteiger partial charge in [0.1, 0.15) is 6.54 Å². The smallest absolute Gasteiger partial charge is 0.139 e. The van der Waals surface area contributed by atoms with E-state index in [1.807, 2.05) is 18.2 Å². The van der Waals surface area contributed by atoms with E-state index in [0.717, 1.165) is 24.1 Å². The van der Waals surface area contributed by atoms with Gasteiger partial charge >= 0.3 is 0 Å². The number of hydrogen-bond acceptors (Lipinski definition) is 0. The van der Waals surface area contributed by atoms with Gasteiger partial charge in [-0.15, -0.1) is 0 Å². The molecule has 18 heavy (non-hydrogen) atoms. The Bertz CT molecular complexity index is 404. The predicted octanol–water partition coefficient (Wildman–Crippen LogP) is -1.25. The fraction of sp³-hybridized carbons (Fsp3) is 0.500. The van der Waals surface area contributed by atoms with E-state index < -0.39 is 0 Å². The number of nitrogens with one attached hydrogen (secondary N) is 1. The summed E-state index contributed by atoms with van der Waals surface area (Å²) in [6.45, 7) is 6.98. The number of rotatable bonds is 1. The zero-order valence-corrected chi connectivity index (χ0v) is 12.0. The van der Waals surface area contributed by atoms with Crippen molar-refractivity contribution in [2.24, 2.45) is 5.92 Å². The predicted molar refractivity (Wildman–Crippen MR) is 71.9 cm³/mol. The van der Waals surface area contributed by atoms with Gasteiger partial charge in [0.2, 0.25) is 0 Å². The van der Waals surface area contributed by atoms with Gasteiger partial charge in [0.25, 0.3) is 0 Å². The third-order valence-corrected chi connectivity index (χ3v) is 3.72. The molecule has 0 radical (unpaired) electrons. The summed E-state index contributed by atoms with van der Waals surface area (Å²) in [5.74, 6) is 7.45. The molecule has 1 saturated heterocycles. The van der Waals surface area contributed by atoms with Crippen molar-refractivity contribution in [3.05, 3.63) is 35.9 Å². The fourth-order valence-corrected chi connectivity index (χ4v) is 2.52. The zero-order valence-electron chi connectivity index (χ0n) is 11.2. The van der Waals surface area contributed by atoms with Crippen LogP contribution < -0.4 is 17.3 Å². The summed E-state index contributed by atoms with van der Waals surface area (Å²) in [6.07, 6.45) is 2.74. The third-order valence-electron chi connectivity index (χ3n) is 3.72. The quantitative estimate of drug-likeness (QED) is 0.604. The lowest BCUT2D eigenvalue weighted by molar-refractivity contribution is -0.925. The van der Waals surface area contributed by atoms with Crippen molar-refractivity contribution < 1.29 is 17.3 Å². The lowest BCUT2D eigenvalue weighted by Crippen LogP contribution is -3.16. The highest BCUT2D eigenvalue weighted by Crippen LogP contribution is 2.09. The van der Waals surface area contributed by atoms with Crippen LogP contribution in [0, 0.1) is 17.8 Å². The Balaban J connectivity index is 0.00000162. The first kappa shape index (κ1) is 15.1. The van der Waals surface area contributed by atoms with Gasteiger partial charge in [-0.05, 0) is 37.8 Å². The van der Waals surface area contributed by atoms with Crippen LogP contribution in [0.25, 0.3) is 0 Å². The van der Waals surface area contributed by atoms with Crippen molar-refractivity contribution in [3.8, 4) is 11.8 Å². The van der Waals surface area contributed by atoms with E-state index in [-0.39, 0.29) is 12.4 Å². The highest BCUT2D eigenvalue weighted by Gasteiger charge is 2.25. The molecule has 0 spiro atoms. The van der Waals surface area contributed by atoms with Crippen LogP contribution in [0.2, 0.25) is 0 Å². The Kier molecular flexibility index (Phi) is 6.25. The molecule has 1 unspecified atom stereocenters. The fourth-order valence-electron chi connectivity index (χ4n) is 2.52. The van der Waals surface area contributed by atoms with Crippen molar-refractivity contribution in [3.63, 3.8) is 0 Å². The first-order valence-corrected chi connectivity index (χ1v) is 6.64. The van der Waals surface area contributed by atoms with Crippen LogP contribution in [0.3, 0.4) is 0 Å². The molecule has 1 N–H and O–H groups in total. The topological polar surface area (TPSA) is 4.44 Å². The highest BCUT2D eigenvalue weighted by molar-refractivity contribution is 5.33. The van der Waals surface area contributed by atoms with E-state index in [2.05, 4.69) is 37.8 Å². The average molecular weight is 264 g/mol. The van der Waals surface area contributed by atoms with Gasteiger partial charge < -0.3 is 17.3 Å².